The second kappa shape index (κ2) is 7.71. The molecule has 0 aliphatic rings. The minimum Gasteiger partial charge on any atom is -0.404 e. The smallest absolute Gasteiger partial charge is 0.404 e. The lowest BCUT2D eigenvalue weighted by atomic mass is 9.98. The van der Waals surface area contributed by atoms with Crippen LogP contribution < -0.4 is 5.73 Å². The molecule has 0 atom stereocenters. The molecule has 4 nitrogen and oxygen atoms in total. The lowest BCUT2D eigenvalue weighted by molar-refractivity contribution is -0.137. The third-order valence-electron chi connectivity index (χ3n) is 4.89. The zero-order chi connectivity index (χ0) is 22.2. The number of nitrogens with one attached hydrogen (secondary N) is 1. The Bertz CT molecular complexity index is 1300. The molecule has 8 heteroatoms. The van der Waals surface area contributed by atoms with Crippen LogP contribution in [0.3, 0.4) is 0 Å². The topological polar surface area (TPSA) is 67.2 Å². The largest absolute Gasteiger partial charge is 0.417 e. The van der Waals surface area contributed by atoms with Crippen molar-refractivity contribution in [2.45, 2.75) is 6.18 Å². The van der Waals surface area contributed by atoms with Gasteiger partial charge in [-0.1, -0.05) is 18.2 Å². The molecular formula is C23H16F4N4. The zero-order valence-electron chi connectivity index (χ0n) is 16.0. The maximum atomic E-state index is 13.5. The quantitative estimate of drug-likeness (QED) is 0.334. The van der Waals surface area contributed by atoms with E-state index in [0.717, 1.165) is 6.07 Å². The average Bonchev–Trinajstić information content (AvgIpc) is 3.17. The van der Waals surface area contributed by atoms with Gasteiger partial charge in [-0.05, 0) is 42.5 Å². The van der Waals surface area contributed by atoms with Gasteiger partial charge >= 0.3 is 6.18 Å². The molecule has 4 aromatic rings. The number of rotatable bonds is 4. The molecule has 0 aliphatic heterocycles. The molecule has 31 heavy (non-hydrogen) atoms. The summed E-state index contributed by atoms with van der Waals surface area (Å²) in [4.78, 5) is 4.21. The van der Waals surface area contributed by atoms with Gasteiger partial charge in [0.05, 0.1) is 23.2 Å². The minimum absolute atomic E-state index is 0.00783. The molecule has 3 N–H and O–H groups in total. The predicted molar refractivity (Wildman–Crippen MR) is 111 cm³/mol. The first-order valence-electron chi connectivity index (χ1n) is 9.20. The fraction of sp³-hybridized carbons (Fsp3) is 0.0435. The third kappa shape index (κ3) is 3.79. The monoisotopic (exact) mass is 424 g/mol. The highest BCUT2D eigenvalue weighted by Crippen LogP contribution is 2.37. The molecule has 0 radical (unpaired) electrons. The van der Waals surface area contributed by atoms with Crippen molar-refractivity contribution in [3.63, 3.8) is 0 Å². The van der Waals surface area contributed by atoms with Gasteiger partial charge in [-0.15, -0.1) is 0 Å². The number of hydrogen-bond acceptors (Lipinski definition) is 3. The van der Waals surface area contributed by atoms with Crippen molar-refractivity contribution in [1.82, 2.24) is 9.38 Å². The summed E-state index contributed by atoms with van der Waals surface area (Å²) in [6, 6.07) is 14.0. The molecular weight excluding hydrogens is 408 g/mol. The number of aromatic nitrogens is 2. The van der Waals surface area contributed by atoms with Crippen LogP contribution in [0.25, 0.3) is 22.5 Å². The number of nitrogens with two attached hydrogens (primary N) is 1. The van der Waals surface area contributed by atoms with Gasteiger partial charge in [0, 0.05) is 34.7 Å². The summed E-state index contributed by atoms with van der Waals surface area (Å²) in [7, 11) is 0. The number of fused-ring (bicyclic) bond motifs is 1. The van der Waals surface area contributed by atoms with Crippen LogP contribution in [0.1, 0.15) is 16.7 Å². The number of halogens is 4. The number of allylic oxidation sites excluding steroid dienone is 1. The Morgan fingerprint density at radius 1 is 0.968 bits per heavy atom. The van der Waals surface area contributed by atoms with Crippen LogP contribution in [-0.2, 0) is 6.18 Å². The van der Waals surface area contributed by atoms with Gasteiger partial charge in [-0.3, -0.25) is 9.81 Å². The number of benzene rings is 2. The fourth-order valence-corrected chi connectivity index (χ4v) is 3.39. The third-order valence-corrected chi connectivity index (χ3v) is 4.89. The van der Waals surface area contributed by atoms with Gasteiger partial charge in [0.25, 0.3) is 0 Å². The first-order chi connectivity index (χ1) is 14.8. The molecule has 0 unspecified atom stereocenters. The van der Waals surface area contributed by atoms with E-state index in [1.54, 1.807) is 18.3 Å². The molecule has 0 spiro atoms. The van der Waals surface area contributed by atoms with Crippen molar-refractivity contribution in [3.05, 3.63) is 102 Å². The Morgan fingerprint density at radius 3 is 2.32 bits per heavy atom. The van der Waals surface area contributed by atoms with Gasteiger partial charge < -0.3 is 5.73 Å². The number of alkyl halides is 3. The summed E-state index contributed by atoms with van der Waals surface area (Å²) < 4.78 is 55.3. The van der Waals surface area contributed by atoms with Gasteiger partial charge in [-0.2, -0.15) is 13.2 Å². The highest BCUT2D eigenvalue weighted by molar-refractivity contribution is 6.30. The molecule has 0 amide bonds. The predicted octanol–water partition coefficient (Wildman–Crippen LogP) is 5.53. The van der Waals surface area contributed by atoms with Crippen molar-refractivity contribution in [2.24, 2.45) is 5.73 Å². The highest BCUT2D eigenvalue weighted by atomic mass is 19.4. The molecule has 0 fully saturated rings. The molecule has 0 bridgehead atoms. The Morgan fingerprint density at radius 2 is 1.65 bits per heavy atom. The van der Waals surface area contributed by atoms with E-state index in [1.807, 2.05) is 0 Å². The van der Waals surface area contributed by atoms with E-state index >= 15 is 0 Å². The van der Waals surface area contributed by atoms with Crippen molar-refractivity contribution in [3.8, 4) is 11.3 Å². The Hall–Kier alpha value is -3.94. The van der Waals surface area contributed by atoms with Crippen molar-refractivity contribution < 1.29 is 17.6 Å². The van der Waals surface area contributed by atoms with E-state index in [0.29, 0.717) is 22.3 Å². The van der Waals surface area contributed by atoms with Crippen molar-refractivity contribution >= 4 is 16.9 Å². The summed E-state index contributed by atoms with van der Waals surface area (Å²) in [5.74, 6) is -0.428. The van der Waals surface area contributed by atoms with Crippen molar-refractivity contribution in [1.29, 1.82) is 5.41 Å². The molecule has 0 saturated carbocycles. The van der Waals surface area contributed by atoms with E-state index in [9.17, 15) is 17.6 Å². The van der Waals surface area contributed by atoms with E-state index in [4.69, 9.17) is 11.1 Å². The number of nitrogens with zero attached hydrogens (tertiary/aromatic N) is 2. The molecule has 0 aliphatic carbocycles. The first-order valence-corrected chi connectivity index (χ1v) is 9.20. The summed E-state index contributed by atoms with van der Waals surface area (Å²) >= 11 is 0. The van der Waals surface area contributed by atoms with Gasteiger partial charge in [0.1, 0.15) is 11.5 Å². The van der Waals surface area contributed by atoms with E-state index in [-0.39, 0.29) is 17.0 Å². The molecule has 156 valence electrons. The summed E-state index contributed by atoms with van der Waals surface area (Å²) in [5.41, 5.74) is 7.06. The average molecular weight is 424 g/mol. The van der Waals surface area contributed by atoms with Gasteiger partial charge in [0.2, 0.25) is 0 Å². The SMILES string of the molecule is N=C(/C(=C\N)c1ccc2ncc(-c3ccccc3C(F)(F)F)n2c1)c1ccc(F)cc1. The second-order valence-electron chi connectivity index (χ2n) is 6.79. The normalized spacial score (nSPS) is 12.3. The summed E-state index contributed by atoms with van der Waals surface area (Å²) in [6.07, 6.45) is -0.319. The number of pyridine rings is 1. The van der Waals surface area contributed by atoms with Crippen LogP contribution in [0, 0.1) is 11.2 Å². The minimum atomic E-state index is -4.52. The maximum absolute atomic E-state index is 13.5. The number of hydrogen-bond donors (Lipinski definition) is 2. The standard InChI is InChI=1S/C23H16F4N4/c24-16-8-5-14(6-9-16)22(29)18(11-28)15-7-10-21-30-12-20(31(21)13-15)17-3-1-2-4-19(17)23(25,26)27/h1-13,29H,28H2/b18-11-,29-22?. The Labute approximate surface area is 174 Å². The van der Waals surface area contributed by atoms with Gasteiger partial charge in [-0.25, -0.2) is 9.37 Å². The lowest BCUT2D eigenvalue weighted by Gasteiger charge is -2.14. The fourth-order valence-electron chi connectivity index (χ4n) is 3.39. The molecule has 2 aromatic carbocycles. The summed E-state index contributed by atoms with van der Waals surface area (Å²) in [5, 5.41) is 8.46. The molecule has 2 aromatic heterocycles. The molecule has 0 saturated heterocycles. The lowest BCUT2D eigenvalue weighted by Crippen LogP contribution is -2.08. The number of imidazole rings is 1. The van der Waals surface area contributed by atoms with Crippen molar-refractivity contribution in [2.75, 3.05) is 0 Å². The van der Waals surface area contributed by atoms with Crippen LogP contribution in [0.4, 0.5) is 17.6 Å². The van der Waals surface area contributed by atoms with E-state index in [2.05, 4.69) is 4.98 Å². The Kier molecular flexibility index (Phi) is 5.06. The molecule has 2 heterocycles. The van der Waals surface area contributed by atoms with Crippen LogP contribution in [-0.4, -0.2) is 15.1 Å². The summed E-state index contributed by atoms with van der Waals surface area (Å²) in [6.45, 7) is 0. The van der Waals surface area contributed by atoms with Crippen LogP contribution in [0.2, 0.25) is 0 Å². The highest BCUT2D eigenvalue weighted by Gasteiger charge is 2.34. The van der Waals surface area contributed by atoms with Gasteiger partial charge in [0.15, 0.2) is 0 Å². The van der Waals surface area contributed by atoms with Crippen LogP contribution in [0.15, 0.2) is 79.3 Å². The van der Waals surface area contributed by atoms with E-state index < -0.39 is 17.6 Å². The first kappa shape index (κ1) is 20.3. The van der Waals surface area contributed by atoms with Crippen LogP contribution in [0.5, 0.6) is 0 Å². The maximum Gasteiger partial charge on any atom is 0.417 e. The van der Waals surface area contributed by atoms with Crippen LogP contribution >= 0.6 is 0 Å². The second-order valence-corrected chi connectivity index (χ2v) is 6.79. The molecule has 4 rings (SSSR count). The van der Waals surface area contributed by atoms with E-state index in [1.165, 1.54) is 59.3 Å². The zero-order valence-corrected chi connectivity index (χ0v) is 16.0. The Balaban J connectivity index is 1.83.